The van der Waals surface area contributed by atoms with Gasteiger partial charge in [0.05, 0.1) is 15.5 Å². The molecule has 1 atom stereocenters. The van der Waals surface area contributed by atoms with Gasteiger partial charge in [0.15, 0.2) is 0 Å². The lowest BCUT2D eigenvalue weighted by atomic mass is 10.0. The molecule has 0 spiro atoms. The van der Waals surface area contributed by atoms with Crippen molar-refractivity contribution in [2.45, 2.75) is 6.04 Å². The molecule has 0 amide bonds. The Morgan fingerprint density at radius 1 is 1.22 bits per heavy atom. The second-order valence-electron chi connectivity index (χ2n) is 5.00. The molecule has 1 fully saturated rings. The highest BCUT2D eigenvalue weighted by atomic mass is 79.9. The molecule has 2 aromatic rings. The lowest BCUT2D eigenvalue weighted by Crippen LogP contribution is -2.45. The molecule has 1 aliphatic heterocycles. The fraction of sp³-hybridized carbons (Fsp3) is 0.333. The van der Waals surface area contributed by atoms with Crippen LogP contribution in [0.2, 0.25) is 5.02 Å². The first kappa shape index (κ1) is 21.0. The van der Waals surface area contributed by atoms with Gasteiger partial charge >= 0.3 is 0 Å². The van der Waals surface area contributed by atoms with Crippen molar-refractivity contribution in [1.29, 1.82) is 0 Å². The maximum absolute atomic E-state index is 10.5. The Kier molecular flexibility index (Phi) is 8.66. The zero-order valence-electron chi connectivity index (χ0n) is 12.2. The summed E-state index contributed by atoms with van der Waals surface area (Å²) in [5.41, 5.74) is 0.899. The van der Waals surface area contributed by atoms with Crippen LogP contribution in [0.4, 0.5) is 0 Å². The van der Waals surface area contributed by atoms with Crippen molar-refractivity contribution >= 4 is 63.7 Å². The molecule has 0 aliphatic carbocycles. The Labute approximate surface area is 166 Å². The maximum atomic E-state index is 10.5. The minimum Gasteiger partial charge on any atom is -0.506 e. The third-order valence-electron chi connectivity index (χ3n) is 3.72. The SMILES string of the molecule is Cl.Cl.Oc1c([C@@H](c2cccs2)N2CCNCC2)ccc(Cl)c1Br. The van der Waals surface area contributed by atoms with Crippen molar-refractivity contribution in [2.24, 2.45) is 0 Å². The van der Waals surface area contributed by atoms with E-state index < -0.39 is 0 Å². The molecule has 0 bridgehead atoms. The van der Waals surface area contributed by atoms with Gasteiger partial charge < -0.3 is 10.4 Å². The fourth-order valence-corrected chi connectivity index (χ4v) is 4.08. The molecule has 8 heteroatoms. The van der Waals surface area contributed by atoms with Crippen LogP contribution < -0.4 is 5.32 Å². The molecule has 1 aromatic heterocycles. The quantitative estimate of drug-likeness (QED) is 0.697. The van der Waals surface area contributed by atoms with Crippen molar-refractivity contribution in [2.75, 3.05) is 26.2 Å². The number of rotatable bonds is 3. The minimum atomic E-state index is 0. The smallest absolute Gasteiger partial charge is 0.136 e. The van der Waals surface area contributed by atoms with Crippen LogP contribution >= 0.6 is 63.7 Å². The first-order chi connectivity index (χ1) is 10.2. The van der Waals surface area contributed by atoms with Crippen LogP contribution in [0.3, 0.4) is 0 Å². The average molecular weight is 461 g/mol. The summed E-state index contributed by atoms with van der Waals surface area (Å²) in [6.45, 7) is 3.86. The van der Waals surface area contributed by atoms with Gasteiger partial charge in [-0.2, -0.15) is 0 Å². The molecule has 3 rings (SSSR count). The fourth-order valence-electron chi connectivity index (χ4n) is 2.69. The van der Waals surface area contributed by atoms with Crippen LogP contribution in [0, 0.1) is 0 Å². The first-order valence-electron chi connectivity index (χ1n) is 6.83. The minimum absolute atomic E-state index is 0. The topological polar surface area (TPSA) is 35.5 Å². The lowest BCUT2D eigenvalue weighted by molar-refractivity contribution is 0.198. The number of aromatic hydroxyl groups is 1. The molecule has 0 radical (unpaired) electrons. The third-order valence-corrected chi connectivity index (χ3v) is 5.99. The Morgan fingerprint density at radius 2 is 1.91 bits per heavy atom. The zero-order chi connectivity index (χ0) is 14.8. The Balaban J connectivity index is 0.00000132. The van der Waals surface area contributed by atoms with Crippen molar-refractivity contribution in [1.82, 2.24) is 10.2 Å². The van der Waals surface area contributed by atoms with Gasteiger partial charge in [-0.1, -0.05) is 23.7 Å². The van der Waals surface area contributed by atoms with Crippen LogP contribution in [0.25, 0.3) is 0 Å². The lowest BCUT2D eigenvalue weighted by Gasteiger charge is -2.35. The summed E-state index contributed by atoms with van der Waals surface area (Å²) in [7, 11) is 0. The van der Waals surface area contributed by atoms with Crippen LogP contribution in [0.1, 0.15) is 16.5 Å². The van der Waals surface area contributed by atoms with E-state index in [-0.39, 0.29) is 36.6 Å². The number of halogens is 4. The molecule has 1 saturated heterocycles. The van der Waals surface area contributed by atoms with Crippen LogP contribution in [0.5, 0.6) is 5.75 Å². The number of benzene rings is 1. The molecule has 1 aliphatic rings. The summed E-state index contributed by atoms with van der Waals surface area (Å²) in [4.78, 5) is 3.64. The van der Waals surface area contributed by atoms with Crippen molar-refractivity contribution < 1.29 is 5.11 Å². The van der Waals surface area contributed by atoms with Gasteiger partial charge in [-0.25, -0.2) is 0 Å². The van der Waals surface area contributed by atoms with E-state index >= 15 is 0 Å². The molecular formula is C15H18BrCl3N2OS. The summed E-state index contributed by atoms with van der Waals surface area (Å²) in [5, 5.41) is 16.5. The number of phenolic OH excluding ortho intramolecular Hbond substituents is 1. The number of piperazine rings is 1. The zero-order valence-corrected chi connectivity index (χ0v) is 17.0. The largest absolute Gasteiger partial charge is 0.506 e. The van der Waals surface area contributed by atoms with Gasteiger partial charge in [-0.3, -0.25) is 4.90 Å². The van der Waals surface area contributed by atoms with Gasteiger partial charge in [0, 0.05) is 36.6 Å². The monoisotopic (exact) mass is 458 g/mol. The van der Waals surface area contributed by atoms with E-state index in [9.17, 15) is 5.11 Å². The van der Waals surface area contributed by atoms with Crippen molar-refractivity contribution in [3.8, 4) is 5.75 Å². The van der Waals surface area contributed by atoms with Gasteiger partial charge in [0.25, 0.3) is 0 Å². The molecule has 23 heavy (non-hydrogen) atoms. The Bertz CT molecular complexity index is 621. The predicted molar refractivity (Wildman–Crippen MR) is 106 cm³/mol. The summed E-state index contributed by atoms with van der Waals surface area (Å²) in [6, 6.07) is 8.01. The second-order valence-corrected chi connectivity index (χ2v) is 7.18. The highest BCUT2D eigenvalue weighted by Gasteiger charge is 2.28. The summed E-state index contributed by atoms with van der Waals surface area (Å²) in [6.07, 6.45) is 0. The molecule has 128 valence electrons. The van der Waals surface area contributed by atoms with E-state index in [0.717, 1.165) is 31.7 Å². The van der Waals surface area contributed by atoms with Gasteiger partial charge in [-0.05, 0) is 33.4 Å². The van der Waals surface area contributed by atoms with E-state index in [2.05, 4.69) is 43.7 Å². The molecule has 3 nitrogen and oxygen atoms in total. The van der Waals surface area contributed by atoms with Crippen LogP contribution in [-0.2, 0) is 0 Å². The number of hydrogen-bond acceptors (Lipinski definition) is 4. The third kappa shape index (κ3) is 4.54. The normalized spacial score (nSPS) is 16.3. The van der Waals surface area contributed by atoms with E-state index in [0.29, 0.717) is 9.50 Å². The number of phenols is 1. The van der Waals surface area contributed by atoms with E-state index in [1.165, 1.54) is 4.88 Å². The number of nitrogens with one attached hydrogen (secondary N) is 1. The molecule has 2 heterocycles. The standard InChI is InChI=1S/C15H16BrClN2OS.2ClH/c16-13-11(17)4-3-10(15(13)20)14(12-2-1-9-21-12)19-7-5-18-6-8-19;;/h1-4,9,14,18,20H,5-8H2;2*1H/t14-;;/m0../s1. The van der Waals surface area contributed by atoms with Gasteiger partial charge in [0.2, 0.25) is 0 Å². The van der Waals surface area contributed by atoms with Crippen molar-refractivity contribution in [3.63, 3.8) is 0 Å². The Morgan fingerprint density at radius 3 is 2.52 bits per heavy atom. The summed E-state index contributed by atoms with van der Waals surface area (Å²) >= 11 is 11.2. The van der Waals surface area contributed by atoms with E-state index in [1.54, 1.807) is 11.3 Å². The molecule has 0 unspecified atom stereocenters. The van der Waals surface area contributed by atoms with Gasteiger partial charge in [-0.15, -0.1) is 36.2 Å². The number of hydrogen-bond donors (Lipinski definition) is 2. The molecule has 0 saturated carbocycles. The summed E-state index contributed by atoms with van der Waals surface area (Å²) in [5.74, 6) is 0.236. The maximum Gasteiger partial charge on any atom is 0.136 e. The summed E-state index contributed by atoms with van der Waals surface area (Å²) < 4.78 is 0.568. The van der Waals surface area contributed by atoms with Crippen LogP contribution in [-0.4, -0.2) is 36.2 Å². The van der Waals surface area contributed by atoms with Crippen LogP contribution in [0.15, 0.2) is 34.1 Å². The number of nitrogens with zero attached hydrogens (tertiary/aromatic N) is 1. The molecular weight excluding hydrogens is 443 g/mol. The first-order valence-corrected chi connectivity index (χ1v) is 8.88. The number of thiophene rings is 1. The van der Waals surface area contributed by atoms with Crippen molar-refractivity contribution in [3.05, 3.63) is 49.6 Å². The average Bonchev–Trinajstić information content (AvgIpc) is 3.03. The highest BCUT2D eigenvalue weighted by molar-refractivity contribution is 9.10. The second kappa shape index (κ2) is 9.47. The Hall–Kier alpha value is -0.0100. The van der Waals surface area contributed by atoms with Gasteiger partial charge in [0.1, 0.15) is 5.75 Å². The molecule has 1 aromatic carbocycles. The van der Waals surface area contributed by atoms with E-state index in [4.69, 9.17) is 11.6 Å². The predicted octanol–water partition coefficient (Wildman–Crippen LogP) is 4.71. The van der Waals surface area contributed by atoms with E-state index in [1.807, 2.05) is 12.1 Å². The molecule has 2 N–H and O–H groups in total. The highest BCUT2D eigenvalue weighted by Crippen LogP contribution is 2.42.